The van der Waals surface area contributed by atoms with Crippen molar-refractivity contribution in [3.8, 4) is 0 Å². The number of hydrogen-bond acceptors (Lipinski definition) is 1. The average Bonchev–Trinajstić information content (AvgIpc) is 2.21. The van der Waals surface area contributed by atoms with Gasteiger partial charge in [-0.2, -0.15) is 0 Å². The second kappa shape index (κ2) is 7.76. The molecule has 2 nitrogen and oxygen atoms in total. The van der Waals surface area contributed by atoms with Crippen LogP contribution < -0.4 is 0 Å². The summed E-state index contributed by atoms with van der Waals surface area (Å²) in [4.78, 5) is 8.99. The molecule has 0 aliphatic rings. The standard InChI is InChI=1S/C6H2Br4.C2H3FO2/c7-3-1-2-4(8)6(10)5(3)9;3-1-2(4)5/h1-2H;1H2,(H,4,5). The average molecular weight is 472 g/mol. The lowest BCUT2D eigenvalue weighted by molar-refractivity contribution is -0.137. The zero-order chi connectivity index (χ0) is 12.0. The molecular formula is C8H5Br4FO2. The fourth-order valence-corrected chi connectivity index (χ4v) is 2.39. The van der Waals surface area contributed by atoms with Crippen LogP contribution in [0.1, 0.15) is 0 Å². The Hall–Kier alpha value is 0.540. The fraction of sp³-hybridized carbons (Fsp3) is 0.125. The zero-order valence-corrected chi connectivity index (χ0v) is 13.5. The van der Waals surface area contributed by atoms with Gasteiger partial charge >= 0.3 is 5.97 Å². The van der Waals surface area contributed by atoms with Crippen molar-refractivity contribution in [1.29, 1.82) is 0 Å². The summed E-state index contributed by atoms with van der Waals surface area (Å²) in [5.41, 5.74) is 0. The Balaban J connectivity index is 0.000000336. The predicted octanol–water partition coefficient (Wildman–Crippen LogP) is 4.78. The molecule has 0 bridgehead atoms. The van der Waals surface area contributed by atoms with Gasteiger partial charge in [0.05, 0.1) is 0 Å². The third-order valence-corrected chi connectivity index (χ3v) is 5.67. The molecule has 0 saturated carbocycles. The van der Waals surface area contributed by atoms with Gasteiger partial charge < -0.3 is 5.11 Å². The number of alkyl halides is 1. The van der Waals surface area contributed by atoms with Crippen molar-refractivity contribution in [2.75, 3.05) is 6.67 Å². The number of benzene rings is 1. The second-order valence-corrected chi connectivity index (χ2v) is 5.48. The summed E-state index contributed by atoms with van der Waals surface area (Å²) in [6, 6.07) is 3.94. The molecule has 0 spiro atoms. The molecule has 0 aliphatic heterocycles. The predicted molar refractivity (Wildman–Crippen MR) is 70.9 cm³/mol. The van der Waals surface area contributed by atoms with Gasteiger partial charge in [-0.25, -0.2) is 9.18 Å². The maximum Gasteiger partial charge on any atom is 0.335 e. The van der Waals surface area contributed by atoms with E-state index in [4.69, 9.17) is 9.90 Å². The topological polar surface area (TPSA) is 37.3 Å². The van der Waals surface area contributed by atoms with Crippen LogP contribution in [-0.2, 0) is 4.79 Å². The van der Waals surface area contributed by atoms with Crippen LogP contribution in [-0.4, -0.2) is 17.8 Å². The largest absolute Gasteiger partial charge is 0.479 e. The van der Waals surface area contributed by atoms with Gasteiger partial charge in [0.1, 0.15) is 0 Å². The second-order valence-electron chi connectivity index (χ2n) is 2.18. The van der Waals surface area contributed by atoms with E-state index in [1.54, 1.807) is 0 Å². The molecule has 0 atom stereocenters. The Morgan fingerprint density at radius 3 is 1.60 bits per heavy atom. The maximum absolute atomic E-state index is 10.5. The highest BCUT2D eigenvalue weighted by Gasteiger charge is 2.03. The van der Waals surface area contributed by atoms with E-state index >= 15 is 0 Å². The summed E-state index contributed by atoms with van der Waals surface area (Å²) in [5, 5.41) is 7.35. The van der Waals surface area contributed by atoms with Crippen molar-refractivity contribution in [3.63, 3.8) is 0 Å². The molecule has 0 heterocycles. The molecule has 15 heavy (non-hydrogen) atoms. The first kappa shape index (κ1) is 15.5. The van der Waals surface area contributed by atoms with Gasteiger partial charge in [0, 0.05) is 17.9 Å². The first-order valence-corrected chi connectivity index (χ1v) is 6.64. The van der Waals surface area contributed by atoms with Crippen LogP contribution in [0.2, 0.25) is 0 Å². The molecule has 0 aliphatic carbocycles. The Labute approximate surface area is 120 Å². The van der Waals surface area contributed by atoms with Crippen LogP contribution in [0.4, 0.5) is 4.39 Å². The minimum Gasteiger partial charge on any atom is -0.479 e. The molecule has 0 unspecified atom stereocenters. The van der Waals surface area contributed by atoms with Crippen molar-refractivity contribution < 1.29 is 14.3 Å². The van der Waals surface area contributed by atoms with Crippen molar-refractivity contribution in [2.45, 2.75) is 0 Å². The summed E-state index contributed by atoms with van der Waals surface area (Å²) >= 11 is 13.6. The van der Waals surface area contributed by atoms with Gasteiger partial charge in [0.15, 0.2) is 6.67 Å². The van der Waals surface area contributed by atoms with E-state index in [1.165, 1.54) is 0 Å². The normalized spacial score (nSPS) is 9.13. The smallest absolute Gasteiger partial charge is 0.335 e. The summed E-state index contributed by atoms with van der Waals surface area (Å²) < 4.78 is 14.7. The van der Waals surface area contributed by atoms with Gasteiger partial charge in [0.25, 0.3) is 0 Å². The molecule has 0 aromatic heterocycles. The molecular weight excluding hydrogens is 467 g/mol. The lowest BCUT2D eigenvalue weighted by atomic mass is 10.4. The monoisotopic (exact) mass is 468 g/mol. The fourth-order valence-electron chi connectivity index (χ4n) is 0.502. The summed E-state index contributed by atoms with van der Waals surface area (Å²) in [6.45, 7) is -1.28. The van der Waals surface area contributed by atoms with Gasteiger partial charge in [-0.05, 0) is 75.9 Å². The molecule has 1 rings (SSSR count). The molecule has 1 N–H and O–H groups in total. The molecule has 0 fully saturated rings. The lowest BCUT2D eigenvalue weighted by Gasteiger charge is -2.00. The van der Waals surface area contributed by atoms with Crippen molar-refractivity contribution >= 4 is 69.7 Å². The lowest BCUT2D eigenvalue weighted by Crippen LogP contribution is -1.93. The van der Waals surface area contributed by atoms with Crippen LogP contribution in [0, 0.1) is 0 Å². The molecule has 1 aromatic carbocycles. The Morgan fingerprint density at radius 2 is 1.40 bits per heavy atom. The molecule has 0 radical (unpaired) electrons. The minimum atomic E-state index is -1.41. The number of rotatable bonds is 1. The quantitative estimate of drug-likeness (QED) is 0.473. The molecule has 0 amide bonds. The molecule has 0 saturated heterocycles. The Kier molecular flexibility index (Phi) is 8.03. The number of carbonyl (C=O) groups is 1. The summed E-state index contributed by atoms with van der Waals surface area (Å²) in [5.74, 6) is -1.41. The van der Waals surface area contributed by atoms with Crippen molar-refractivity contribution in [3.05, 3.63) is 30.0 Å². The SMILES string of the molecule is Brc1ccc(Br)c(Br)c1Br.O=C(O)CF. The van der Waals surface area contributed by atoms with Crippen LogP contribution in [0.3, 0.4) is 0 Å². The van der Waals surface area contributed by atoms with E-state index in [9.17, 15) is 4.39 Å². The highest BCUT2D eigenvalue weighted by Crippen LogP contribution is 2.35. The van der Waals surface area contributed by atoms with Crippen molar-refractivity contribution in [2.24, 2.45) is 0 Å². The minimum absolute atomic E-state index is 1.03. The van der Waals surface area contributed by atoms with E-state index < -0.39 is 12.6 Å². The molecule has 7 heteroatoms. The number of carboxylic acid groups (broad SMARTS) is 1. The van der Waals surface area contributed by atoms with Gasteiger partial charge in [-0.3, -0.25) is 0 Å². The van der Waals surface area contributed by atoms with Crippen LogP contribution >= 0.6 is 63.7 Å². The maximum atomic E-state index is 10.5. The Bertz CT molecular complexity index is 330. The highest BCUT2D eigenvalue weighted by atomic mass is 79.9. The highest BCUT2D eigenvalue weighted by molar-refractivity contribution is 9.15. The van der Waals surface area contributed by atoms with Crippen LogP contribution in [0.5, 0.6) is 0 Å². The molecule has 1 aromatic rings. The summed E-state index contributed by atoms with van der Waals surface area (Å²) in [7, 11) is 0. The van der Waals surface area contributed by atoms with Gasteiger partial charge in [-0.1, -0.05) is 0 Å². The molecule has 84 valence electrons. The van der Waals surface area contributed by atoms with Gasteiger partial charge in [-0.15, -0.1) is 0 Å². The van der Waals surface area contributed by atoms with Crippen molar-refractivity contribution in [1.82, 2.24) is 0 Å². The number of hydrogen-bond donors (Lipinski definition) is 1. The summed E-state index contributed by atoms with van der Waals surface area (Å²) in [6.07, 6.45) is 0. The van der Waals surface area contributed by atoms with E-state index in [-0.39, 0.29) is 0 Å². The third-order valence-electron chi connectivity index (χ3n) is 1.10. The Morgan fingerprint density at radius 1 is 1.13 bits per heavy atom. The van der Waals surface area contributed by atoms with Crippen LogP contribution in [0.15, 0.2) is 30.0 Å². The number of halogens is 5. The third kappa shape index (κ3) is 5.99. The zero-order valence-electron chi connectivity index (χ0n) is 7.11. The van der Waals surface area contributed by atoms with Gasteiger partial charge in [0.2, 0.25) is 0 Å². The number of aliphatic carboxylic acids is 1. The van der Waals surface area contributed by atoms with E-state index in [1.807, 2.05) is 12.1 Å². The van der Waals surface area contributed by atoms with Crippen LogP contribution in [0.25, 0.3) is 0 Å². The first-order valence-electron chi connectivity index (χ1n) is 3.47. The van der Waals surface area contributed by atoms with E-state index in [0.29, 0.717) is 0 Å². The van der Waals surface area contributed by atoms with E-state index in [0.717, 1.165) is 17.9 Å². The first-order chi connectivity index (χ1) is 6.90. The number of carboxylic acids is 1. The van der Waals surface area contributed by atoms with E-state index in [2.05, 4.69) is 63.7 Å².